The van der Waals surface area contributed by atoms with E-state index in [9.17, 15) is 5.11 Å². The number of anilines is 1. The quantitative estimate of drug-likeness (QED) is 0.775. The summed E-state index contributed by atoms with van der Waals surface area (Å²) in [5.41, 5.74) is 2.54. The van der Waals surface area contributed by atoms with Crippen LogP contribution in [0.5, 0.6) is 5.75 Å². The van der Waals surface area contributed by atoms with Crippen LogP contribution in [0.2, 0.25) is 5.02 Å². The Hall–Kier alpha value is -2.60. The summed E-state index contributed by atoms with van der Waals surface area (Å²) < 4.78 is 1.58. The number of nitrogens with one attached hydrogen (secondary N) is 1. The topological polar surface area (TPSA) is 75.9 Å². The van der Waals surface area contributed by atoms with Crippen LogP contribution >= 0.6 is 11.6 Å². The molecule has 7 heteroatoms. The van der Waals surface area contributed by atoms with Crippen LogP contribution in [-0.2, 0) is 6.54 Å². The van der Waals surface area contributed by atoms with Gasteiger partial charge in [0.05, 0.1) is 5.69 Å². The maximum absolute atomic E-state index is 9.76. The summed E-state index contributed by atoms with van der Waals surface area (Å²) in [6, 6.07) is 12.6. The number of phenols is 1. The molecule has 3 rings (SSSR count). The number of aromatic nitrogens is 4. The highest BCUT2D eigenvalue weighted by molar-refractivity contribution is 6.30. The number of hydrogen-bond acceptors (Lipinski definition) is 5. The molecule has 3 aromatic rings. The molecule has 6 nitrogen and oxygen atoms in total. The Kier molecular flexibility index (Phi) is 3.70. The van der Waals surface area contributed by atoms with E-state index in [0.29, 0.717) is 11.6 Å². The molecule has 1 aromatic heterocycles. The summed E-state index contributed by atoms with van der Waals surface area (Å²) in [7, 11) is 0. The smallest absolute Gasteiger partial charge is 0.143 e. The maximum atomic E-state index is 9.76. The van der Waals surface area contributed by atoms with Crippen molar-refractivity contribution in [3.05, 3.63) is 59.4 Å². The zero-order chi connectivity index (χ0) is 14.7. The monoisotopic (exact) mass is 301 g/mol. The molecule has 2 N–H and O–H groups in total. The molecule has 0 spiro atoms. The van der Waals surface area contributed by atoms with Gasteiger partial charge >= 0.3 is 0 Å². The molecule has 0 fully saturated rings. The fraction of sp³-hybridized carbons (Fsp3) is 0.0714. The predicted octanol–water partition coefficient (Wildman–Crippen LogP) is 2.63. The van der Waals surface area contributed by atoms with E-state index >= 15 is 0 Å². The van der Waals surface area contributed by atoms with Crippen molar-refractivity contribution < 1.29 is 5.11 Å². The van der Waals surface area contributed by atoms with Crippen molar-refractivity contribution in [1.29, 1.82) is 0 Å². The number of rotatable bonds is 4. The van der Waals surface area contributed by atoms with Gasteiger partial charge in [-0.05, 0) is 52.9 Å². The van der Waals surface area contributed by atoms with Gasteiger partial charge in [0.15, 0.2) is 0 Å². The summed E-state index contributed by atoms with van der Waals surface area (Å²) >= 11 is 5.92. The van der Waals surface area contributed by atoms with E-state index in [1.807, 2.05) is 24.3 Å². The van der Waals surface area contributed by atoms with Crippen molar-refractivity contribution >= 4 is 17.3 Å². The first kappa shape index (κ1) is 13.4. The molecule has 1 heterocycles. The van der Waals surface area contributed by atoms with E-state index in [1.54, 1.807) is 22.9 Å². The second kappa shape index (κ2) is 5.80. The lowest BCUT2D eigenvalue weighted by atomic mass is 10.2. The lowest BCUT2D eigenvalue weighted by molar-refractivity contribution is 0.469. The first-order valence-corrected chi connectivity index (χ1v) is 6.65. The van der Waals surface area contributed by atoms with Gasteiger partial charge in [-0.2, -0.15) is 0 Å². The second-order valence-corrected chi connectivity index (χ2v) is 4.86. The summed E-state index contributed by atoms with van der Waals surface area (Å²) in [6.07, 6.45) is 1.53. The third-order valence-electron chi connectivity index (χ3n) is 3.01. The zero-order valence-corrected chi connectivity index (χ0v) is 11.7. The van der Waals surface area contributed by atoms with Crippen LogP contribution in [0.1, 0.15) is 5.56 Å². The minimum Gasteiger partial charge on any atom is -0.508 e. The van der Waals surface area contributed by atoms with Crippen LogP contribution in [0.4, 0.5) is 5.69 Å². The summed E-state index contributed by atoms with van der Waals surface area (Å²) in [5.74, 6) is 0.220. The number of aromatic hydroxyl groups is 1. The standard InChI is InChI=1S/C14H12ClN5O/c15-11-1-6-14(21)10(7-11)8-16-12-2-4-13(5-3-12)20-9-17-18-19-20/h1-7,9,16,21H,8H2. The van der Waals surface area contributed by atoms with E-state index in [4.69, 9.17) is 11.6 Å². The summed E-state index contributed by atoms with van der Waals surface area (Å²) in [4.78, 5) is 0. The highest BCUT2D eigenvalue weighted by Crippen LogP contribution is 2.22. The lowest BCUT2D eigenvalue weighted by Gasteiger charge is -2.09. The number of nitrogens with zero attached hydrogens (tertiary/aromatic N) is 4. The average Bonchev–Trinajstić information content (AvgIpc) is 3.03. The van der Waals surface area contributed by atoms with Crippen molar-refractivity contribution in [3.63, 3.8) is 0 Å². The highest BCUT2D eigenvalue weighted by atomic mass is 35.5. The van der Waals surface area contributed by atoms with E-state index in [1.165, 1.54) is 6.33 Å². The van der Waals surface area contributed by atoms with Crippen LogP contribution in [0, 0.1) is 0 Å². The van der Waals surface area contributed by atoms with Gasteiger partial charge in [-0.3, -0.25) is 0 Å². The van der Waals surface area contributed by atoms with Crippen molar-refractivity contribution in [2.45, 2.75) is 6.54 Å². The normalized spacial score (nSPS) is 10.5. The Balaban J connectivity index is 1.70. The first-order valence-electron chi connectivity index (χ1n) is 6.27. The molecule has 0 radical (unpaired) electrons. The molecule has 0 aliphatic carbocycles. The molecular formula is C14H12ClN5O. The summed E-state index contributed by atoms with van der Waals surface area (Å²) in [6.45, 7) is 0.483. The minimum absolute atomic E-state index is 0.220. The van der Waals surface area contributed by atoms with Crippen LogP contribution in [0.25, 0.3) is 5.69 Å². The van der Waals surface area contributed by atoms with Crippen LogP contribution in [0.3, 0.4) is 0 Å². The Morgan fingerprint density at radius 3 is 2.67 bits per heavy atom. The van der Waals surface area contributed by atoms with E-state index in [0.717, 1.165) is 16.9 Å². The summed E-state index contributed by atoms with van der Waals surface area (Å²) in [5, 5.41) is 24.6. The molecule has 0 bridgehead atoms. The lowest BCUT2D eigenvalue weighted by Crippen LogP contribution is -2.00. The fourth-order valence-corrected chi connectivity index (χ4v) is 2.10. The van der Waals surface area contributed by atoms with Gasteiger partial charge in [0.1, 0.15) is 12.1 Å². The molecule has 0 saturated heterocycles. The van der Waals surface area contributed by atoms with Gasteiger partial charge in [0, 0.05) is 22.8 Å². The third-order valence-corrected chi connectivity index (χ3v) is 3.24. The van der Waals surface area contributed by atoms with E-state index < -0.39 is 0 Å². The number of tetrazole rings is 1. The highest BCUT2D eigenvalue weighted by Gasteiger charge is 2.03. The number of halogens is 1. The number of phenolic OH excluding ortho intramolecular Hbond substituents is 1. The molecule has 0 saturated carbocycles. The zero-order valence-electron chi connectivity index (χ0n) is 10.9. The van der Waals surface area contributed by atoms with Gasteiger partial charge in [0.2, 0.25) is 0 Å². The molecule has 2 aromatic carbocycles. The van der Waals surface area contributed by atoms with Crippen LogP contribution in [-0.4, -0.2) is 25.3 Å². The second-order valence-electron chi connectivity index (χ2n) is 4.43. The van der Waals surface area contributed by atoms with Gasteiger partial charge in [-0.25, -0.2) is 4.68 Å². The first-order chi connectivity index (χ1) is 10.2. The van der Waals surface area contributed by atoms with Gasteiger partial charge in [-0.15, -0.1) is 5.10 Å². The Labute approximate surface area is 126 Å². The molecule has 0 amide bonds. The molecule has 0 atom stereocenters. The van der Waals surface area contributed by atoms with Crippen molar-refractivity contribution in [1.82, 2.24) is 20.2 Å². The van der Waals surface area contributed by atoms with E-state index in [-0.39, 0.29) is 5.75 Å². The van der Waals surface area contributed by atoms with Crippen LogP contribution in [0.15, 0.2) is 48.8 Å². The fourth-order valence-electron chi connectivity index (χ4n) is 1.90. The van der Waals surface area contributed by atoms with Gasteiger partial charge in [0.25, 0.3) is 0 Å². The number of benzene rings is 2. The molecule has 0 unspecified atom stereocenters. The van der Waals surface area contributed by atoms with Crippen molar-refractivity contribution in [3.8, 4) is 11.4 Å². The Morgan fingerprint density at radius 1 is 1.14 bits per heavy atom. The SMILES string of the molecule is Oc1ccc(Cl)cc1CNc1ccc(-n2cnnn2)cc1. The molecule has 21 heavy (non-hydrogen) atoms. The van der Waals surface area contributed by atoms with Gasteiger partial charge in [-0.1, -0.05) is 11.6 Å². The van der Waals surface area contributed by atoms with Crippen LogP contribution < -0.4 is 5.32 Å². The Bertz CT molecular complexity index is 728. The Morgan fingerprint density at radius 2 is 1.95 bits per heavy atom. The predicted molar refractivity (Wildman–Crippen MR) is 79.6 cm³/mol. The minimum atomic E-state index is 0.220. The molecule has 0 aliphatic rings. The van der Waals surface area contributed by atoms with Gasteiger partial charge < -0.3 is 10.4 Å². The molecule has 106 valence electrons. The average molecular weight is 302 g/mol. The molecule has 0 aliphatic heterocycles. The van der Waals surface area contributed by atoms with Crippen molar-refractivity contribution in [2.75, 3.05) is 5.32 Å². The third kappa shape index (κ3) is 3.11. The number of hydrogen-bond donors (Lipinski definition) is 2. The van der Waals surface area contributed by atoms with E-state index in [2.05, 4.69) is 20.8 Å². The maximum Gasteiger partial charge on any atom is 0.143 e. The van der Waals surface area contributed by atoms with Crippen molar-refractivity contribution in [2.24, 2.45) is 0 Å². The largest absolute Gasteiger partial charge is 0.508 e. The molecular weight excluding hydrogens is 290 g/mol.